The van der Waals surface area contributed by atoms with Crippen molar-refractivity contribution >= 4 is 34.1 Å². The van der Waals surface area contributed by atoms with Gasteiger partial charge in [0.05, 0.1) is 5.92 Å². The van der Waals surface area contributed by atoms with Crippen LogP contribution >= 0.6 is 15.9 Å². The van der Waals surface area contributed by atoms with E-state index in [9.17, 15) is 24.9 Å². The number of aliphatic carboxylic acids is 1. The number of carboxylic acids is 1. The second-order valence-electron chi connectivity index (χ2n) is 6.42. The van der Waals surface area contributed by atoms with Crippen molar-refractivity contribution in [3.8, 4) is 17.2 Å². The van der Waals surface area contributed by atoms with E-state index in [0.717, 1.165) is 0 Å². The Bertz CT molecular complexity index is 892. The van der Waals surface area contributed by atoms with Gasteiger partial charge in [-0.3, -0.25) is 9.79 Å². The molecule has 0 aliphatic rings. The molecule has 2 rings (SSSR count). The van der Waals surface area contributed by atoms with Gasteiger partial charge in [0.1, 0.15) is 5.75 Å². The summed E-state index contributed by atoms with van der Waals surface area (Å²) in [5.41, 5.74) is 0.894. The lowest BCUT2D eigenvalue weighted by Gasteiger charge is -2.11. The van der Waals surface area contributed by atoms with Gasteiger partial charge >= 0.3 is 11.9 Å². The minimum absolute atomic E-state index is 0.0417. The molecule has 0 aliphatic carbocycles. The molecule has 0 fully saturated rings. The lowest BCUT2D eigenvalue weighted by atomic mass is 10.1. The fourth-order valence-electron chi connectivity index (χ4n) is 2.23. The monoisotopic (exact) mass is 449 g/mol. The number of carbonyl (C=O) groups is 2. The molecule has 0 amide bonds. The van der Waals surface area contributed by atoms with Crippen LogP contribution in [0.5, 0.6) is 17.2 Å². The van der Waals surface area contributed by atoms with Crippen LogP contribution in [-0.2, 0) is 16.0 Å². The van der Waals surface area contributed by atoms with Crippen LogP contribution in [0.2, 0.25) is 0 Å². The van der Waals surface area contributed by atoms with Crippen molar-refractivity contribution in [3.63, 3.8) is 0 Å². The third-order valence-electron chi connectivity index (χ3n) is 3.80. The van der Waals surface area contributed by atoms with Crippen LogP contribution in [0.1, 0.15) is 25.0 Å². The van der Waals surface area contributed by atoms with Gasteiger partial charge in [0.2, 0.25) is 0 Å². The Hall–Kier alpha value is -2.87. The molecular formula is C20H20BrNO6. The van der Waals surface area contributed by atoms with Crippen molar-refractivity contribution in [1.29, 1.82) is 0 Å². The van der Waals surface area contributed by atoms with Crippen molar-refractivity contribution in [1.82, 2.24) is 0 Å². The van der Waals surface area contributed by atoms with Crippen LogP contribution < -0.4 is 4.74 Å². The molecule has 0 aromatic heterocycles. The van der Waals surface area contributed by atoms with Gasteiger partial charge in [0.25, 0.3) is 0 Å². The van der Waals surface area contributed by atoms with Crippen LogP contribution in [0.4, 0.5) is 0 Å². The van der Waals surface area contributed by atoms with Gasteiger partial charge in [-0.2, -0.15) is 0 Å². The van der Waals surface area contributed by atoms with Gasteiger partial charge in [-0.15, -0.1) is 0 Å². The maximum Gasteiger partial charge on any atom is 0.328 e. The Morgan fingerprint density at radius 1 is 1.18 bits per heavy atom. The molecule has 0 aliphatic heterocycles. The van der Waals surface area contributed by atoms with E-state index in [1.54, 1.807) is 26.0 Å². The average Bonchev–Trinajstić information content (AvgIpc) is 2.63. The van der Waals surface area contributed by atoms with Crippen molar-refractivity contribution in [2.75, 3.05) is 0 Å². The normalized spacial score (nSPS) is 12.3. The van der Waals surface area contributed by atoms with E-state index in [-0.39, 0.29) is 35.2 Å². The number of aromatic hydroxyl groups is 2. The topological polar surface area (TPSA) is 116 Å². The van der Waals surface area contributed by atoms with Gasteiger partial charge in [-0.1, -0.05) is 41.9 Å². The summed E-state index contributed by atoms with van der Waals surface area (Å²) in [6.07, 6.45) is 1.34. The van der Waals surface area contributed by atoms with Crippen molar-refractivity contribution < 1.29 is 29.6 Å². The fraction of sp³-hybridized carbons (Fsp3) is 0.250. The fourth-order valence-corrected chi connectivity index (χ4v) is 2.68. The van der Waals surface area contributed by atoms with Crippen molar-refractivity contribution in [2.24, 2.45) is 10.9 Å². The van der Waals surface area contributed by atoms with E-state index in [0.29, 0.717) is 10.0 Å². The number of esters is 1. The molecule has 3 N–H and O–H groups in total. The molecule has 0 saturated heterocycles. The third kappa shape index (κ3) is 5.82. The summed E-state index contributed by atoms with van der Waals surface area (Å²) in [5.74, 6) is -2.29. The van der Waals surface area contributed by atoms with Gasteiger partial charge in [0, 0.05) is 22.7 Å². The standard InChI is InChI=1S/C20H20BrNO6/c1-11(2)20(27)28-17-9-14(21)8-13(18(17)24)10-22-16(19(25)26)7-12-3-5-15(23)6-4-12/h3-6,8-11,16,23-24H,7H2,1-2H3,(H,25,26). The Morgan fingerprint density at radius 3 is 2.39 bits per heavy atom. The summed E-state index contributed by atoms with van der Waals surface area (Å²) < 4.78 is 5.70. The number of carboxylic acid groups (broad SMARTS) is 1. The summed E-state index contributed by atoms with van der Waals surface area (Å²) in [6.45, 7) is 3.33. The van der Waals surface area contributed by atoms with E-state index in [2.05, 4.69) is 20.9 Å². The highest BCUT2D eigenvalue weighted by Gasteiger charge is 2.18. The second-order valence-corrected chi connectivity index (χ2v) is 7.34. The first kappa shape index (κ1) is 21.4. The van der Waals surface area contributed by atoms with Crippen LogP contribution in [-0.4, -0.2) is 39.5 Å². The molecule has 0 radical (unpaired) electrons. The molecule has 2 aromatic rings. The zero-order chi connectivity index (χ0) is 20.8. The van der Waals surface area contributed by atoms with Gasteiger partial charge in [0.15, 0.2) is 17.5 Å². The van der Waals surface area contributed by atoms with E-state index in [1.807, 2.05) is 0 Å². The number of halogens is 1. The van der Waals surface area contributed by atoms with Crippen LogP contribution in [0.25, 0.3) is 0 Å². The molecule has 2 aromatic carbocycles. The summed E-state index contributed by atoms with van der Waals surface area (Å²) >= 11 is 3.27. The van der Waals surface area contributed by atoms with E-state index < -0.39 is 18.0 Å². The van der Waals surface area contributed by atoms with Gasteiger partial charge in [-0.25, -0.2) is 4.79 Å². The van der Waals surface area contributed by atoms with Crippen LogP contribution in [0.15, 0.2) is 45.9 Å². The highest BCUT2D eigenvalue weighted by molar-refractivity contribution is 9.10. The molecule has 0 heterocycles. The quantitative estimate of drug-likeness (QED) is 0.338. The second kappa shape index (κ2) is 9.36. The first-order chi connectivity index (χ1) is 13.2. The number of phenolic OH excluding ortho intramolecular Hbond substituents is 2. The summed E-state index contributed by atoms with van der Waals surface area (Å²) in [4.78, 5) is 27.4. The van der Waals surface area contributed by atoms with Gasteiger partial charge in [-0.05, 0) is 29.8 Å². The maximum atomic E-state index is 11.8. The van der Waals surface area contributed by atoms with Gasteiger partial charge < -0.3 is 20.1 Å². The highest BCUT2D eigenvalue weighted by Crippen LogP contribution is 2.33. The molecule has 8 heteroatoms. The SMILES string of the molecule is CC(C)C(=O)Oc1cc(Br)cc(C=NC(Cc2ccc(O)cc2)C(=O)O)c1O. The summed E-state index contributed by atoms with van der Waals surface area (Å²) in [6, 6.07) is 8.04. The first-order valence-electron chi connectivity index (χ1n) is 8.45. The number of aliphatic imine (C=N–C) groups is 1. The number of ether oxygens (including phenoxy) is 1. The number of hydrogen-bond acceptors (Lipinski definition) is 6. The highest BCUT2D eigenvalue weighted by atomic mass is 79.9. The number of carbonyl (C=O) groups excluding carboxylic acids is 1. The van der Waals surface area contributed by atoms with E-state index in [1.165, 1.54) is 30.5 Å². The van der Waals surface area contributed by atoms with Crippen LogP contribution in [0, 0.1) is 5.92 Å². The Morgan fingerprint density at radius 2 is 1.82 bits per heavy atom. The van der Waals surface area contributed by atoms with Crippen molar-refractivity contribution in [3.05, 3.63) is 52.0 Å². The molecule has 148 valence electrons. The molecule has 1 atom stereocenters. The number of rotatable bonds is 7. The number of phenols is 2. The predicted octanol–water partition coefficient (Wildman–Crippen LogP) is 3.54. The molecule has 1 unspecified atom stereocenters. The molecule has 0 saturated carbocycles. The van der Waals surface area contributed by atoms with Crippen molar-refractivity contribution in [2.45, 2.75) is 26.3 Å². The largest absolute Gasteiger partial charge is 0.508 e. The molecule has 0 bridgehead atoms. The maximum absolute atomic E-state index is 11.8. The minimum Gasteiger partial charge on any atom is -0.508 e. The molecule has 28 heavy (non-hydrogen) atoms. The molecule has 7 nitrogen and oxygen atoms in total. The summed E-state index contributed by atoms with van der Waals surface area (Å²) in [5, 5.41) is 29.1. The first-order valence-corrected chi connectivity index (χ1v) is 9.24. The Kier molecular flexibility index (Phi) is 7.17. The number of nitrogens with zero attached hydrogens (tertiary/aromatic N) is 1. The minimum atomic E-state index is -1.13. The zero-order valence-corrected chi connectivity index (χ0v) is 16.9. The smallest absolute Gasteiger partial charge is 0.328 e. The lowest BCUT2D eigenvalue weighted by Crippen LogP contribution is -2.21. The van der Waals surface area contributed by atoms with E-state index >= 15 is 0 Å². The third-order valence-corrected chi connectivity index (χ3v) is 4.25. The van der Waals surface area contributed by atoms with Crippen LogP contribution in [0.3, 0.4) is 0 Å². The molecular weight excluding hydrogens is 430 g/mol. The lowest BCUT2D eigenvalue weighted by molar-refractivity contribution is -0.139. The Balaban J connectivity index is 2.26. The zero-order valence-electron chi connectivity index (χ0n) is 15.3. The van der Waals surface area contributed by atoms with E-state index in [4.69, 9.17) is 4.74 Å². The Labute approximate surface area is 170 Å². The number of benzene rings is 2. The summed E-state index contributed by atoms with van der Waals surface area (Å²) in [7, 11) is 0. The average molecular weight is 450 g/mol. The molecule has 0 spiro atoms. The predicted molar refractivity (Wildman–Crippen MR) is 107 cm³/mol. The number of hydrogen-bond donors (Lipinski definition) is 3.